The fourth-order valence-corrected chi connectivity index (χ4v) is 6.05. The summed E-state index contributed by atoms with van der Waals surface area (Å²) in [6.45, 7) is 6.10. The first-order valence-corrected chi connectivity index (χ1v) is 15.3. The van der Waals surface area contributed by atoms with Crippen LogP contribution in [0.1, 0.15) is 32.5 Å². The third-order valence-corrected chi connectivity index (χ3v) is 8.85. The minimum absolute atomic E-state index is 0.280. The van der Waals surface area contributed by atoms with Crippen molar-refractivity contribution in [2.24, 2.45) is 7.05 Å². The summed E-state index contributed by atoms with van der Waals surface area (Å²) in [5.74, 6) is 1.61. The monoisotopic (exact) mass is 617 g/mol. The molecule has 4 rings (SSSR count). The Bertz CT molecular complexity index is 1550. The summed E-state index contributed by atoms with van der Waals surface area (Å²) in [6, 6.07) is 7.43. The van der Waals surface area contributed by atoms with E-state index in [0.717, 1.165) is 40.6 Å². The molecule has 0 saturated heterocycles. The minimum Gasteiger partial charge on any atom is -0.326 e. The van der Waals surface area contributed by atoms with Gasteiger partial charge in [-0.3, -0.25) is 4.55 Å². The molecule has 1 aromatic heterocycles. The highest BCUT2D eigenvalue weighted by Crippen LogP contribution is 2.45. The second-order valence-electron chi connectivity index (χ2n) is 8.94. The zero-order chi connectivity index (χ0) is 27.8. The number of allylic oxidation sites excluding steroid dienone is 2. The summed E-state index contributed by atoms with van der Waals surface area (Å²) in [5.41, 5.74) is 3.78. The van der Waals surface area contributed by atoms with Gasteiger partial charge in [-0.15, -0.1) is 0 Å². The number of fused-ring (bicyclic) bond motifs is 2. The molecule has 0 saturated carbocycles. The van der Waals surface area contributed by atoms with Gasteiger partial charge in [0.25, 0.3) is 15.9 Å². The van der Waals surface area contributed by atoms with Gasteiger partial charge in [-0.2, -0.15) is 8.42 Å². The third kappa shape index (κ3) is 5.81. The molecule has 3 aromatic rings. The number of aromatic nitrogens is 2. The Balaban J connectivity index is 1.73. The fraction of sp³-hybridized carbons (Fsp3) is 0.346. The Morgan fingerprint density at radius 2 is 1.50 bits per heavy atom. The molecule has 1 aliphatic rings. The molecular weight excluding hydrogens is 590 g/mol. The van der Waals surface area contributed by atoms with Crippen LogP contribution >= 0.6 is 46.4 Å². The second kappa shape index (κ2) is 11.7. The van der Waals surface area contributed by atoms with Crippen molar-refractivity contribution < 1.29 is 17.5 Å². The number of unbranched alkanes of at least 4 members (excludes halogenated alkanes) is 1. The molecule has 38 heavy (non-hydrogen) atoms. The molecule has 12 heteroatoms. The maximum Gasteiger partial charge on any atom is 0.282 e. The lowest BCUT2D eigenvalue weighted by Crippen LogP contribution is -2.31. The molecule has 1 aliphatic heterocycles. The average Bonchev–Trinajstić information content (AvgIpc) is 3.27. The fourth-order valence-electron chi connectivity index (χ4n) is 4.85. The van der Waals surface area contributed by atoms with Gasteiger partial charge in [-0.25, -0.2) is 9.13 Å². The summed E-state index contributed by atoms with van der Waals surface area (Å²) in [4.78, 5) is 4.24. The molecule has 1 N–H and O–H groups in total. The highest BCUT2D eigenvalue weighted by atomic mass is 35.5. The Morgan fingerprint density at radius 1 is 0.895 bits per heavy atom. The van der Waals surface area contributed by atoms with Crippen molar-refractivity contribution >= 4 is 85.0 Å². The summed E-state index contributed by atoms with van der Waals surface area (Å²) in [6.07, 6.45) is 6.93. The molecule has 0 unspecified atom stereocenters. The van der Waals surface area contributed by atoms with Crippen LogP contribution in [0.5, 0.6) is 0 Å². The molecule has 0 aliphatic carbocycles. The molecule has 0 amide bonds. The van der Waals surface area contributed by atoms with E-state index in [1.807, 2.05) is 56.5 Å². The van der Waals surface area contributed by atoms with E-state index in [1.54, 1.807) is 0 Å². The van der Waals surface area contributed by atoms with E-state index in [4.69, 9.17) is 51.0 Å². The number of benzene rings is 2. The van der Waals surface area contributed by atoms with E-state index < -0.39 is 10.1 Å². The van der Waals surface area contributed by atoms with Gasteiger partial charge in [-0.05, 0) is 44.9 Å². The smallest absolute Gasteiger partial charge is 0.282 e. The number of rotatable bonds is 9. The number of nitrogens with zero attached hydrogens (tertiary/aromatic N) is 4. The van der Waals surface area contributed by atoms with Crippen LogP contribution in [0.4, 0.5) is 11.4 Å². The van der Waals surface area contributed by atoms with Crippen LogP contribution in [-0.2, 0) is 23.7 Å². The largest absolute Gasteiger partial charge is 0.326 e. The highest BCUT2D eigenvalue weighted by molar-refractivity contribution is 7.85. The lowest BCUT2D eigenvalue weighted by atomic mass is 10.2. The second-order valence-corrected chi connectivity index (χ2v) is 12.1. The Labute approximate surface area is 243 Å². The first-order chi connectivity index (χ1) is 18.0. The molecule has 0 radical (unpaired) electrons. The number of anilines is 2. The van der Waals surface area contributed by atoms with Gasteiger partial charge in [0.15, 0.2) is 11.0 Å². The number of halogens is 4. The van der Waals surface area contributed by atoms with Gasteiger partial charge < -0.3 is 9.80 Å². The highest BCUT2D eigenvalue weighted by Gasteiger charge is 2.31. The Hall–Kier alpha value is -1.94. The number of hydrogen-bond donors (Lipinski definition) is 1. The van der Waals surface area contributed by atoms with Crippen LogP contribution in [0, 0.1) is 0 Å². The summed E-state index contributed by atoms with van der Waals surface area (Å²) in [7, 11) is -2.02. The van der Waals surface area contributed by atoms with Gasteiger partial charge >= 0.3 is 0 Å². The molecule has 204 valence electrons. The third-order valence-electron chi connectivity index (χ3n) is 6.60. The lowest BCUT2D eigenvalue weighted by molar-refractivity contribution is -0.647. The number of aryl methyl sites for hydroxylation is 2. The molecule has 0 bridgehead atoms. The van der Waals surface area contributed by atoms with Gasteiger partial charge in [0.2, 0.25) is 0 Å². The summed E-state index contributed by atoms with van der Waals surface area (Å²) < 4.78 is 35.7. The van der Waals surface area contributed by atoms with Gasteiger partial charge in [-0.1, -0.05) is 52.5 Å². The molecular formula is C26H29Cl4N4O3S+. The minimum atomic E-state index is -4.01. The van der Waals surface area contributed by atoms with Crippen LogP contribution in [0.15, 0.2) is 42.2 Å². The van der Waals surface area contributed by atoms with Gasteiger partial charge in [0.1, 0.15) is 5.82 Å². The van der Waals surface area contributed by atoms with E-state index in [9.17, 15) is 8.42 Å². The van der Waals surface area contributed by atoms with Crippen molar-refractivity contribution in [3.8, 4) is 0 Å². The van der Waals surface area contributed by atoms with E-state index in [2.05, 4.69) is 25.9 Å². The summed E-state index contributed by atoms with van der Waals surface area (Å²) >= 11 is 25.3. The van der Waals surface area contributed by atoms with Crippen molar-refractivity contribution in [1.29, 1.82) is 0 Å². The Kier molecular flexibility index (Phi) is 8.91. The zero-order valence-corrected chi connectivity index (χ0v) is 25.1. The van der Waals surface area contributed by atoms with Crippen LogP contribution in [0.2, 0.25) is 20.1 Å². The normalized spacial score (nSPS) is 15.0. The molecule has 2 aromatic carbocycles. The molecule has 2 heterocycles. The van der Waals surface area contributed by atoms with Gasteiger partial charge in [0, 0.05) is 31.3 Å². The van der Waals surface area contributed by atoms with Crippen molar-refractivity contribution in [2.45, 2.75) is 33.2 Å². The molecule has 0 fully saturated rings. The molecule has 0 atom stereocenters. The van der Waals surface area contributed by atoms with E-state index >= 15 is 0 Å². The van der Waals surface area contributed by atoms with Crippen molar-refractivity contribution in [1.82, 2.24) is 4.57 Å². The quantitative estimate of drug-likeness (QED) is 0.159. The van der Waals surface area contributed by atoms with Gasteiger partial charge in [0.05, 0.1) is 50.8 Å². The standard InChI is InChI=1S/C26H28Cl4N4O3S/c1-4-32-22-14-18(28)17(27)13-21(22)31(3)25(32)9-8-10-26-33(5-2)23-15-19(29)20(30)16-24(23)34(26)11-6-7-12-38(35,36)37/h8-10,13-16H,4-7,11-12H2,1-3H3/p+1. The maximum absolute atomic E-state index is 11.2. The lowest BCUT2D eigenvalue weighted by Gasteiger charge is -2.24. The molecule has 0 spiro atoms. The van der Waals surface area contributed by atoms with E-state index in [0.29, 0.717) is 46.0 Å². The van der Waals surface area contributed by atoms with Crippen LogP contribution in [0.25, 0.3) is 17.1 Å². The zero-order valence-electron chi connectivity index (χ0n) is 21.3. The van der Waals surface area contributed by atoms with Crippen molar-refractivity contribution in [3.63, 3.8) is 0 Å². The topological polar surface area (TPSA) is 69.7 Å². The predicted octanol–water partition coefficient (Wildman–Crippen LogP) is 6.97. The predicted molar refractivity (Wildman–Crippen MR) is 158 cm³/mol. The van der Waals surface area contributed by atoms with Crippen LogP contribution < -0.4 is 14.4 Å². The average molecular weight is 619 g/mol. The first-order valence-electron chi connectivity index (χ1n) is 12.2. The molecule has 7 nitrogen and oxygen atoms in total. The summed E-state index contributed by atoms with van der Waals surface area (Å²) in [5, 5.41) is 1.92. The van der Waals surface area contributed by atoms with Crippen LogP contribution in [0.3, 0.4) is 0 Å². The van der Waals surface area contributed by atoms with Crippen molar-refractivity contribution in [3.05, 3.63) is 68.2 Å². The Morgan fingerprint density at radius 3 is 2.11 bits per heavy atom. The van der Waals surface area contributed by atoms with E-state index in [1.165, 1.54) is 0 Å². The first kappa shape index (κ1) is 29.1. The number of hydrogen-bond acceptors (Lipinski definition) is 4. The SMILES string of the molecule is CCN1/C(=C\C=C\c2n(CC)c3cc(Cl)c(Cl)cc3[n+]2C)N(CCCCS(=O)(=O)O)c2cc(Cl)c(Cl)cc21. The number of imidazole rings is 1. The van der Waals surface area contributed by atoms with E-state index in [-0.39, 0.29) is 5.75 Å². The van der Waals surface area contributed by atoms with Crippen molar-refractivity contribution in [2.75, 3.05) is 28.6 Å². The maximum atomic E-state index is 11.2. The van der Waals surface area contributed by atoms with Crippen LogP contribution in [-0.4, -0.2) is 36.4 Å².